The van der Waals surface area contributed by atoms with Gasteiger partial charge in [0, 0.05) is 11.4 Å². The highest BCUT2D eigenvalue weighted by atomic mass is 35.5. The summed E-state index contributed by atoms with van der Waals surface area (Å²) in [5.41, 5.74) is 0.134. The molecule has 19 heavy (non-hydrogen) atoms. The highest BCUT2D eigenvalue weighted by molar-refractivity contribution is 6.31. The Morgan fingerprint density at radius 1 is 1.32 bits per heavy atom. The van der Waals surface area contributed by atoms with Crippen molar-refractivity contribution in [2.24, 2.45) is 0 Å². The van der Waals surface area contributed by atoms with Crippen molar-refractivity contribution in [3.8, 4) is 0 Å². The van der Waals surface area contributed by atoms with E-state index in [-0.39, 0.29) is 18.0 Å². The molecule has 0 saturated carbocycles. The van der Waals surface area contributed by atoms with Crippen LogP contribution in [0.15, 0.2) is 18.2 Å². The van der Waals surface area contributed by atoms with Crippen LogP contribution in [-0.2, 0) is 11.2 Å². The maximum absolute atomic E-state index is 13.0. The Morgan fingerprint density at radius 2 is 1.89 bits per heavy atom. The van der Waals surface area contributed by atoms with Crippen molar-refractivity contribution < 1.29 is 9.18 Å². The molecule has 0 aliphatic carbocycles. The van der Waals surface area contributed by atoms with Crippen LogP contribution in [0.1, 0.15) is 33.3 Å². The number of carbonyl (C=O) groups excluding carboxylic acids is 1. The SMILES string of the molecule is CCN(CC)C(C)(C)C(=O)Cc1ccc(F)cc1Cl. The van der Waals surface area contributed by atoms with Gasteiger partial charge in [-0.3, -0.25) is 9.69 Å². The molecule has 0 N–H and O–H groups in total. The van der Waals surface area contributed by atoms with Crippen molar-refractivity contribution in [2.75, 3.05) is 13.1 Å². The van der Waals surface area contributed by atoms with Crippen LogP contribution in [-0.4, -0.2) is 29.3 Å². The number of ketones is 1. The molecule has 0 unspecified atom stereocenters. The summed E-state index contributed by atoms with van der Waals surface area (Å²) < 4.78 is 13.0. The van der Waals surface area contributed by atoms with Crippen molar-refractivity contribution in [1.82, 2.24) is 4.90 Å². The summed E-state index contributed by atoms with van der Waals surface area (Å²) in [5.74, 6) is -0.297. The highest BCUT2D eigenvalue weighted by Gasteiger charge is 2.32. The Labute approximate surface area is 119 Å². The van der Waals surface area contributed by atoms with E-state index >= 15 is 0 Å². The van der Waals surface area contributed by atoms with E-state index in [4.69, 9.17) is 11.6 Å². The fourth-order valence-corrected chi connectivity index (χ4v) is 2.48. The molecule has 0 radical (unpaired) electrons. The van der Waals surface area contributed by atoms with E-state index in [1.54, 1.807) is 6.07 Å². The third-order valence-corrected chi connectivity index (χ3v) is 3.95. The zero-order valence-corrected chi connectivity index (χ0v) is 12.7. The number of nitrogens with zero attached hydrogens (tertiary/aromatic N) is 1. The smallest absolute Gasteiger partial charge is 0.156 e. The number of carbonyl (C=O) groups is 1. The topological polar surface area (TPSA) is 20.3 Å². The minimum atomic E-state index is -0.540. The summed E-state index contributed by atoms with van der Waals surface area (Å²) >= 11 is 5.97. The van der Waals surface area contributed by atoms with Crippen molar-refractivity contribution in [3.05, 3.63) is 34.6 Å². The largest absolute Gasteiger partial charge is 0.297 e. The lowest BCUT2D eigenvalue weighted by molar-refractivity contribution is -0.128. The number of hydrogen-bond acceptors (Lipinski definition) is 2. The molecule has 0 atom stereocenters. The molecule has 0 amide bonds. The molecule has 106 valence electrons. The first-order valence-corrected chi connectivity index (χ1v) is 6.93. The summed E-state index contributed by atoms with van der Waals surface area (Å²) in [6.07, 6.45) is 0.225. The van der Waals surface area contributed by atoms with Crippen LogP contribution >= 0.6 is 11.6 Å². The van der Waals surface area contributed by atoms with E-state index in [0.29, 0.717) is 10.6 Å². The highest BCUT2D eigenvalue weighted by Crippen LogP contribution is 2.22. The number of benzene rings is 1. The van der Waals surface area contributed by atoms with Crippen LogP contribution in [0.5, 0.6) is 0 Å². The molecule has 0 bridgehead atoms. The maximum Gasteiger partial charge on any atom is 0.156 e. The summed E-state index contributed by atoms with van der Waals surface area (Å²) in [7, 11) is 0. The Balaban J connectivity index is 2.89. The quantitative estimate of drug-likeness (QED) is 0.794. The molecule has 1 aromatic rings. The van der Waals surface area contributed by atoms with Crippen LogP contribution in [0.2, 0.25) is 5.02 Å². The first kappa shape index (κ1) is 16.1. The van der Waals surface area contributed by atoms with Gasteiger partial charge in [-0.15, -0.1) is 0 Å². The Morgan fingerprint density at radius 3 is 2.37 bits per heavy atom. The number of halogens is 2. The van der Waals surface area contributed by atoms with Crippen molar-refractivity contribution in [1.29, 1.82) is 0 Å². The Kier molecular flexibility index (Phi) is 5.50. The van der Waals surface area contributed by atoms with E-state index in [2.05, 4.69) is 4.90 Å². The average molecular weight is 286 g/mol. The Bertz CT molecular complexity index is 455. The number of Topliss-reactive ketones (excluding diaryl/α,β-unsaturated/α-hetero) is 1. The molecule has 0 saturated heterocycles. The van der Waals surface area contributed by atoms with Crippen LogP contribution in [0.3, 0.4) is 0 Å². The monoisotopic (exact) mass is 285 g/mol. The zero-order chi connectivity index (χ0) is 14.6. The third-order valence-electron chi connectivity index (χ3n) is 3.60. The van der Waals surface area contributed by atoms with E-state index < -0.39 is 5.54 Å². The summed E-state index contributed by atoms with van der Waals surface area (Å²) in [6.45, 7) is 9.52. The van der Waals surface area contributed by atoms with Gasteiger partial charge in [0.15, 0.2) is 5.78 Å². The predicted octanol–water partition coefficient (Wildman–Crippen LogP) is 3.71. The molecule has 0 heterocycles. The Hall–Kier alpha value is -0.930. The number of rotatable bonds is 6. The fourth-order valence-electron chi connectivity index (χ4n) is 2.24. The van der Waals surface area contributed by atoms with Gasteiger partial charge in [0.2, 0.25) is 0 Å². The second-order valence-corrected chi connectivity index (χ2v) is 5.47. The molecule has 1 rings (SSSR count). The molecule has 1 aromatic carbocycles. The lowest BCUT2D eigenvalue weighted by Gasteiger charge is -2.35. The predicted molar refractivity (Wildman–Crippen MR) is 77.1 cm³/mol. The van der Waals surface area contributed by atoms with Gasteiger partial charge in [-0.1, -0.05) is 31.5 Å². The van der Waals surface area contributed by atoms with Gasteiger partial charge in [0.05, 0.1) is 5.54 Å². The van der Waals surface area contributed by atoms with Gasteiger partial charge in [-0.25, -0.2) is 4.39 Å². The van der Waals surface area contributed by atoms with Crippen LogP contribution in [0.4, 0.5) is 4.39 Å². The second-order valence-electron chi connectivity index (χ2n) is 5.07. The van der Waals surface area contributed by atoms with Crippen LogP contribution in [0.25, 0.3) is 0 Å². The molecule has 2 nitrogen and oxygen atoms in total. The van der Waals surface area contributed by atoms with Gasteiger partial charge in [-0.05, 0) is 44.6 Å². The molecule has 0 aliphatic heterocycles. The summed E-state index contributed by atoms with van der Waals surface area (Å²) in [4.78, 5) is 14.5. The molecular formula is C15H21ClFNO. The van der Waals surface area contributed by atoms with Gasteiger partial charge in [0.1, 0.15) is 5.82 Å². The van der Waals surface area contributed by atoms with Gasteiger partial charge >= 0.3 is 0 Å². The van der Waals surface area contributed by atoms with Gasteiger partial charge in [0.25, 0.3) is 0 Å². The van der Waals surface area contributed by atoms with Gasteiger partial charge in [-0.2, -0.15) is 0 Å². The normalized spacial score (nSPS) is 11.9. The van der Waals surface area contributed by atoms with E-state index in [1.807, 2.05) is 27.7 Å². The number of hydrogen-bond donors (Lipinski definition) is 0. The lowest BCUT2D eigenvalue weighted by Crippen LogP contribution is -2.50. The first-order valence-electron chi connectivity index (χ1n) is 6.55. The third kappa shape index (κ3) is 3.77. The second kappa shape index (κ2) is 6.49. The minimum Gasteiger partial charge on any atom is -0.297 e. The standard InChI is InChI=1S/C15H21ClFNO/c1-5-18(6-2)15(3,4)14(19)9-11-7-8-12(17)10-13(11)16/h7-8,10H,5-6,9H2,1-4H3. The van der Waals surface area contributed by atoms with E-state index in [0.717, 1.165) is 13.1 Å². The molecule has 0 fully saturated rings. The van der Waals surface area contributed by atoms with Crippen molar-refractivity contribution in [3.63, 3.8) is 0 Å². The summed E-state index contributed by atoms with van der Waals surface area (Å²) in [6, 6.07) is 4.15. The van der Waals surface area contributed by atoms with Crippen molar-refractivity contribution in [2.45, 2.75) is 39.7 Å². The van der Waals surface area contributed by atoms with Gasteiger partial charge < -0.3 is 0 Å². The van der Waals surface area contributed by atoms with Crippen LogP contribution in [0, 0.1) is 5.82 Å². The fraction of sp³-hybridized carbons (Fsp3) is 0.533. The average Bonchev–Trinajstić information content (AvgIpc) is 2.33. The van der Waals surface area contributed by atoms with Crippen molar-refractivity contribution >= 4 is 17.4 Å². The number of likely N-dealkylation sites (N-methyl/N-ethyl adjacent to an activating group) is 1. The lowest BCUT2D eigenvalue weighted by atomic mass is 9.91. The molecule has 4 heteroatoms. The minimum absolute atomic E-state index is 0.0877. The maximum atomic E-state index is 13.0. The zero-order valence-electron chi connectivity index (χ0n) is 12.0. The molecular weight excluding hydrogens is 265 g/mol. The summed E-state index contributed by atoms with van der Waals surface area (Å²) in [5, 5.41) is 0.309. The van der Waals surface area contributed by atoms with Crippen LogP contribution < -0.4 is 0 Å². The molecule has 0 aromatic heterocycles. The van der Waals surface area contributed by atoms with E-state index in [9.17, 15) is 9.18 Å². The molecule has 0 aliphatic rings. The van der Waals surface area contributed by atoms with E-state index in [1.165, 1.54) is 12.1 Å². The molecule has 0 spiro atoms. The first-order chi connectivity index (χ1) is 8.82.